The summed E-state index contributed by atoms with van der Waals surface area (Å²) in [6, 6.07) is 1.63. The van der Waals surface area contributed by atoms with Gasteiger partial charge < -0.3 is 9.31 Å². The lowest BCUT2D eigenvalue weighted by atomic mass is 9.89. The van der Waals surface area contributed by atoms with Crippen molar-refractivity contribution >= 4 is 24.8 Å². The summed E-state index contributed by atoms with van der Waals surface area (Å²) in [6.45, 7) is 7.89. The van der Waals surface area contributed by atoms with E-state index in [4.69, 9.17) is 20.9 Å². The predicted octanol–water partition coefficient (Wildman–Crippen LogP) is 3.52. The van der Waals surface area contributed by atoms with Crippen molar-refractivity contribution in [2.45, 2.75) is 38.9 Å². The van der Waals surface area contributed by atoms with Crippen molar-refractivity contribution < 1.29 is 13.7 Å². The van der Waals surface area contributed by atoms with Crippen molar-refractivity contribution in [3.63, 3.8) is 0 Å². The molecular weight excluding hydrogens is 267 g/mol. The van der Waals surface area contributed by atoms with Crippen LogP contribution in [0.3, 0.4) is 0 Å². The van der Waals surface area contributed by atoms with Gasteiger partial charge in [-0.1, -0.05) is 23.7 Å². The average molecular weight is 284 g/mol. The highest BCUT2D eigenvalue weighted by atomic mass is 35.5. The molecule has 6 heteroatoms. The molecule has 2 rings (SSSR count). The first-order valence-electron chi connectivity index (χ1n) is 6.07. The molecule has 3 nitrogen and oxygen atoms in total. The maximum atomic E-state index is 13.2. The number of hydrogen-bond acceptors (Lipinski definition) is 3. The second-order valence-corrected chi connectivity index (χ2v) is 5.87. The number of aromatic nitrogens is 1. The molecule has 0 saturated carbocycles. The van der Waals surface area contributed by atoms with Gasteiger partial charge in [0.15, 0.2) is 0 Å². The zero-order valence-electron chi connectivity index (χ0n) is 11.4. The van der Waals surface area contributed by atoms with Gasteiger partial charge in [0.25, 0.3) is 0 Å². The van der Waals surface area contributed by atoms with E-state index in [0.29, 0.717) is 5.56 Å². The van der Waals surface area contributed by atoms with Crippen LogP contribution < -0.4 is 0 Å². The lowest BCUT2D eigenvalue weighted by molar-refractivity contribution is 0.00578. The van der Waals surface area contributed by atoms with Crippen LogP contribution in [0.4, 0.5) is 4.39 Å². The Morgan fingerprint density at radius 3 is 2.42 bits per heavy atom. The van der Waals surface area contributed by atoms with Crippen molar-refractivity contribution in [3.05, 3.63) is 34.8 Å². The van der Waals surface area contributed by atoms with E-state index >= 15 is 0 Å². The van der Waals surface area contributed by atoms with Crippen molar-refractivity contribution in [2.75, 3.05) is 0 Å². The van der Waals surface area contributed by atoms with Gasteiger partial charge in [-0.25, -0.2) is 4.98 Å². The maximum Gasteiger partial charge on any atom is 0.487 e. The van der Waals surface area contributed by atoms with Gasteiger partial charge in [-0.2, -0.15) is 4.39 Å². The number of halogens is 2. The first kappa shape index (κ1) is 14.5. The zero-order valence-corrected chi connectivity index (χ0v) is 12.2. The van der Waals surface area contributed by atoms with Gasteiger partial charge in [0.1, 0.15) is 5.02 Å². The summed E-state index contributed by atoms with van der Waals surface area (Å²) in [4.78, 5) is 3.47. The van der Waals surface area contributed by atoms with Crippen LogP contribution in [0, 0.1) is 5.95 Å². The molecule has 1 aromatic heterocycles. The van der Waals surface area contributed by atoms with E-state index in [1.165, 1.54) is 6.20 Å². The Hall–Kier alpha value is -0.905. The lowest BCUT2D eigenvalue weighted by Gasteiger charge is -2.32. The van der Waals surface area contributed by atoms with Crippen LogP contribution in [-0.4, -0.2) is 23.3 Å². The third-order valence-corrected chi connectivity index (χ3v) is 3.96. The summed E-state index contributed by atoms with van der Waals surface area (Å²) in [5.41, 5.74) is -0.242. The van der Waals surface area contributed by atoms with E-state index in [1.807, 2.05) is 27.7 Å². The lowest BCUT2D eigenvalue weighted by Crippen LogP contribution is -2.41. The summed E-state index contributed by atoms with van der Waals surface area (Å²) < 4.78 is 24.8. The molecule has 0 aliphatic carbocycles. The van der Waals surface area contributed by atoms with E-state index in [1.54, 1.807) is 18.1 Å². The van der Waals surface area contributed by atoms with Gasteiger partial charge in [0.2, 0.25) is 5.95 Å². The van der Waals surface area contributed by atoms with Crippen LogP contribution >= 0.6 is 11.6 Å². The molecule has 0 unspecified atom stereocenters. The first-order valence-corrected chi connectivity index (χ1v) is 6.44. The third kappa shape index (κ3) is 2.83. The normalized spacial score (nSPS) is 21.3. The molecular formula is C13H16BClFNO2. The fourth-order valence-electron chi connectivity index (χ4n) is 1.71. The van der Waals surface area contributed by atoms with Crippen LogP contribution in [0.1, 0.15) is 33.3 Å². The molecule has 0 atom stereocenters. The summed E-state index contributed by atoms with van der Waals surface area (Å²) in [7, 11) is -0.475. The predicted molar refractivity (Wildman–Crippen MR) is 74.3 cm³/mol. The van der Waals surface area contributed by atoms with Gasteiger partial charge in [0.05, 0.1) is 11.2 Å². The Balaban J connectivity index is 2.15. The number of nitrogens with zero attached hydrogens (tertiary/aromatic N) is 1. The Morgan fingerprint density at radius 2 is 1.84 bits per heavy atom. The van der Waals surface area contributed by atoms with Crippen molar-refractivity contribution in [3.8, 4) is 0 Å². The van der Waals surface area contributed by atoms with E-state index in [2.05, 4.69) is 4.98 Å². The average Bonchev–Trinajstić information content (AvgIpc) is 2.50. The van der Waals surface area contributed by atoms with Crippen molar-refractivity contribution in [1.29, 1.82) is 0 Å². The number of pyridine rings is 1. The molecule has 102 valence electrons. The Labute approximate surface area is 117 Å². The van der Waals surface area contributed by atoms with Crippen molar-refractivity contribution in [2.24, 2.45) is 0 Å². The van der Waals surface area contributed by atoms with Gasteiger partial charge in [0, 0.05) is 6.20 Å². The topological polar surface area (TPSA) is 31.4 Å². The molecule has 19 heavy (non-hydrogen) atoms. The number of rotatable bonds is 2. The summed E-state index contributed by atoms with van der Waals surface area (Å²) in [5.74, 6) is 1.04. The van der Waals surface area contributed by atoms with Gasteiger partial charge >= 0.3 is 7.12 Å². The second-order valence-electron chi connectivity index (χ2n) is 5.49. The van der Waals surface area contributed by atoms with Crippen molar-refractivity contribution in [1.82, 2.24) is 4.98 Å². The zero-order chi connectivity index (χ0) is 14.3. The standard InChI is InChI=1S/C13H16BClFNO2/c1-12(2)13(3,4)19-14(18-12)7-5-9-6-8-17-11(16)10(9)15/h5-8H,1-4H3/b7-5+. The van der Waals surface area contributed by atoms with Gasteiger partial charge in [-0.3, -0.25) is 0 Å². The summed E-state index contributed by atoms with van der Waals surface area (Å²) in [6.07, 6.45) is 3.04. The Kier molecular flexibility index (Phi) is 3.73. The highest BCUT2D eigenvalue weighted by Gasteiger charge is 2.49. The van der Waals surface area contributed by atoms with Crippen LogP contribution in [0.15, 0.2) is 18.2 Å². The maximum absolute atomic E-state index is 13.2. The molecule has 0 amide bonds. The van der Waals surface area contributed by atoms with E-state index < -0.39 is 24.3 Å². The SMILES string of the molecule is CC1(C)OB(/C=C/c2ccnc(F)c2Cl)OC1(C)C. The van der Waals surface area contributed by atoms with Crippen LogP contribution in [-0.2, 0) is 9.31 Å². The molecule has 1 fully saturated rings. The second kappa shape index (κ2) is 4.89. The molecule has 1 aromatic rings. The highest BCUT2D eigenvalue weighted by Crippen LogP contribution is 2.37. The Bertz CT molecular complexity index is 503. The summed E-state index contributed by atoms with van der Waals surface area (Å²) in [5, 5.41) is -0.00438. The van der Waals surface area contributed by atoms with E-state index in [9.17, 15) is 4.39 Å². The van der Waals surface area contributed by atoms with E-state index in [-0.39, 0.29) is 5.02 Å². The Morgan fingerprint density at radius 1 is 1.26 bits per heavy atom. The third-order valence-electron chi connectivity index (χ3n) is 3.58. The molecule has 1 aliphatic heterocycles. The van der Waals surface area contributed by atoms with Crippen LogP contribution in [0.2, 0.25) is 5.02 Å². The van der Waals surface area contributed by atoms with Crippen LogP contribution in [0.25, 0.3) is 6.08 Å². The minimum atomic E-state index is -0.683. The molecule has 0 radical (unpaired) electrons. The molecule has 2 heterocycles. The molecule has 1 aliphatic rings. The number of hydrogen-bond donors (Lipinski definition) is 0. The highest BCUT2D eigenvalue weighted by molar-refractivity contribution is 6.52. The minimum Gasteiger partial charge on any atom is -0.400 e. The summed E-state index contributed by atoms with van der Waals surface area (Å²) >= 11 is 5.82. The smallest absolute Gasteiger partial charge is 0.400 e. The van der Waals surface area contributed by atoms with E-state index in [0.717, 1.165) is 0 Å². The largest absolute Gasteiger partial charge is 0.487 e. The molecule has 0 bridgehead atoms. The van der Waals surface area contributed by atoms with Gasteiger partial charge in [-0.15, -0.1) is 0 Å². The molecule has 0 spiro atoms. The molecule has 0 N–H and O–H groups in total. The quantitative estimate of drug-likeness (QED) is 0.615. The van der Waals surface area contributed by atoms with Crippen LogP contribution in [0.5, 0.6) is 0 Å². The molecule has 1 saturated heterocycles. The monoisotopic (exact) mass is 283 g/mol. The fourth-order valence-corrected chi connectivity index (χ4v) is 1.88. The first-order chi connectivity index (χ1) is 8.73. The minimum absolute atomic E-state index is 0.00438. The molecule has 0 aromatic carbocycles. The fraction of sp³-hybridized carbons (Fsp3) is 0.462. The van der Waals surface area contributed by atoms with Gasteiger partial charge in [-0.05, 0) is 39.3 Å².